The average molecular weight is 336 g/mol. The Hall–Kier alpha value is -1.82. The maximum Gasteiger partial charge on any atom is 0.292 e. The van der Waals surface area contributed by atoms with Crippen molar-refractivity contribution >= 4 is 38.8 Å². The Kier molecular flexibility index (Phi) is 3.25. The Morgan fingerprint density at radius 3 is 2.95 bits per heavy atom. The molecule has 2 aromatic rings. The van der Waals surface area contributed by atoms with Crippen LogP contribution in [0.15, 0.2) is 33.9 Å². The zero-order valence-corrected chi connectivity index (χ0v) is 12.7. The minimum atomic E-state index is -0.545. The number of H-pyrrole nitrogens is 1. The number of aromatic nitrogens is 1. The molecule has 1 amide bonds. The molecule has 1 saturated heterocycles. The van der Waals surface area contributed by atoms with Crippen molar-refractivity contribution in [3.8, 4) is 0 Å². The van der Waals surface area contributed by atoms with Gasteiger partial charge in [0.2, 0.25) is 0 Å². The number of benzene rings is 1. The molecule has 5 nitrogen and oxygen atoms in total. The number of halogens is 1. The molecule has 104 valence electrons. The van der Waals surface area contributed by atoms with Crippen molar-refractivity contribution in [2.24, 2.45) is 4.99 Å². The summed E-state index contributed by atoms with van der Waals surface area (Å²) in [5, 5.41) is 3.72. The van der Waals surface area contributed by atoms with Crippen LogP contribution in [0.3, 0.4) is 0 Å². The van der Waals surface area contributed by atoms with Crippen LogP contribution in [0.25, 0.3) is 10.9 Å². The van der Waals surface area contributed by atoms with Crippen molar-refractivity contribution in [2.45, 2.75) is 18.9 Å². The summed E-state index contributed by atoms with van der Waals surface area (Å²) in [5.74, 6) is -0.214. The van der Waals surface area contributed by atoms with Gasteiger partial charge in [-0.25, -0.2) is 4.99 Å². The minimum absolute atomic E-state index is 0.0656. The third-order valence-corrected chi connectivity index (χ3v) is 4.04. The number of rotatable bonds is 2. The standard InChI is InChI=1S/C14H14BrN3O2/c1-7(12-13(19)18-14(16-2)20-12)10-6-17-11-5-8(15)3-4-9(10)11/h3-7,12,17H,1-2H3,(H,16,18,19). The van der Waals surface area contributed by atoms with E-state index in [9.17, 15) is 4.79 Å². The van der Waals surface area contributed by atoms with Crippen LogP contribution in [-0.4, -0.2) is 30.1 Å². The number of carbonyl (C=O) groups excluding carboxylic acids is 1. The highest BCUT2D eigenvalue weighted by molar-refractivity contribution is 9.10. The molecule has 0 saturated carbocycles. The van der Waals surface area contributed by atoms with Crippen molar-refractivity contribution < 1.29 is 9.53 Å². The first kappa shape index (κ1) is 13.2. The average Bonchev–Trinajstić information content (AvgIpc) is 3.01. The first-order valence-electron chi connectivity index (χ1n) is 6.31. The molecule has 0 bridgehead atoms. The van der Waals surface area contributed by atoms with Crippen molar-refractivity contribution in [3.63, 3.8) is 0 Å². The molecule has 1 aromatic carbocycles. The van der Waals surface area contributed by atoms with Gasteiger partial charge in [0.15, 0.2) is 6.10 Å². The smallest absolute Gasteiger partial charge is 0.292 e. The van der Waals surface area contributed by atoms with E-state index in [-0.39, 0.29) is 17.8 Å². The van der Waals surface area contributed by atoms with Gasteiger partial charge in [-0.15, -0.1) is 0 Å². The molecular formula is C14H14BrN3O2. The predicted octanol–water partition coefficient (Wildman–Crippen LogP) is 2.53. The molecule has 1 fully saturated rings. The van der Waals surface area contributed by atoms with E-state index in [4.69, 9.17) is 4.74 Å². The van der Waals surface area contributed by atoms with Crippen LogP contribution in [0, 0.1) is 0 Å². The van der Waals surface area contributed by atoms with Crippen LogP contribution >= 0.6 is 15.9 Å². The number of carbonyl (C=O) groups is 1. The molecule has 20 heavy (non-hydrogen) atoms. The monoisotopic (exact) mass is 335 g/mol. The lowest BCUT2D eigenvalue weighted by Crippen LogP contribution is -2.28. The van der Waals surface area contributed by atoms with Gasteiger partial charge in [-0.2, -0.15) is 0 Å². The van der Waals surface area contributed by atoms with Gasteiger partial charge in [0.1, 0.15) is 0 Å². The van der Waals surface area contributed by atoms with Crippen LogP contribution in [-0.2, 0) is 9.53 Å². The van der Waals surface area contributed by atoms with Crippen molar-refractivity contribution in [1.29, 1.82) is 0 Å². The fourth-order valence-electron chi connectivity index (χ4n) is 2.48. The van der Waals surface area contributed by atoms with Gasteiger partial charge in [-0.05, 0) is 17.7 Å². The molecule has 0 spiro atoms. The van der Waals surface area contributed by atoms with Crippen molar-refractivity contribution in [2.75, 3.05) is 7.05 Å². The zero-order valence-electron chi connectivity index (χ0n) is 11.1. The number of hydrogen-bond donors (Lipinski definition) is 2. The van der Waals surface area contributed by atoms with E-state index in [1.54, 1.807) is 7.05 Å². The van der Waals surface area contributed by atoms with Crippen molar-refractivity contribution in [1.82, 2.24) is 10.3 Å². The van der Waals surface area contributed by atoms with E-state index in [2.05, 4.69) is 31.2 Å². The lowest BCUT2D eigenvalue weighted by molar-refractivity contribution is -0.124. The number of amidine groups is 1. The highest BCUT2D eigenvalue weighted by Crippen LogP contribution is 2.31. The largest absolute Gasteiger partial charge is 0.451 e. The lowest BCUT2D eigenvalue weighted by atomic mass is 9.94. The predicted molar refractivity (Wildman–Crippen MR) is 80.8 cm³/mol. The molecule has 2 unspecified atom stereocenters. The molecule has 1 aromatic heterocycles. The highest BCUT2D eigenvalue weighted by Gasteiger charge is 2.36. The van der Waals surface area contributed by atoms with Crippen LogP contribution in [0.5, 0.6) is 0 Å². The lowest BCUT2D eigenvalue weighted by Gasteiger charge is -2.15. The third-order valence-electron chi connectivity index (χ3n) is 3.55. The van der Waals surface area contributed by atoms with Crippen LogP contribution < -0.4 is 5.32 Å². The Bertz CT molecular complexity index is 708. The van der Waals surface area contributed by atoms with Gasteiger partial charge >= 0.3 is 0 Å². The Morgan fingerprint density at radius 2 is 2.25 bits per heavy atom. The second-order valence-corrected chi connectivity index (χ2v) is 5.69. The molecule has 2 atom stereocenters. The van der Waals surface area contributed by atoms with E-state index in [1.807, 2.05) is 31.3 Å². The molecular weight excluding hydrogens is 322 g/mol. The summed E-state index contributed by atoms with van der Waals surface area (Å²) in [6.07, 6.45) is 1.39. The number of nitrogens with one attached hydrogen (secondary N) is 2. The minimum Gasteiger partial charge on any atom is -0.451 e. The second kappa shape index (κ2) is 4.94. The first-order valence-corrected chi connectivity index (χ1v) is 7.10. The molecule has 2 heterocycles. The number of nitrogens with zero attached hydrogens (tertiary/aromatic N) is 1. The molecule has 0 radical (unpaired) electrons. The maximum atomic E-state index is 11.9. The highest BCUT2D eigenvalue weighted by atomic mass is 79.9. The zero-order chi connectivity index (χ0) is 14.3. The number of fused-ring (bicyclic) bond motifs is 1. The SMILES string of the molecule is CN=C1NC(=O)C(C(C)c2c[nH]c3cc(Br)ccc23)O1. The third kappa shape index (κ3) is 2.10. The Balaban J connectivity index is 1.97. The van der Waals surface area contributed by atoms with Gasteiger partial charge in [0.25, 0.3) is 11.9 Å². The summed E-state index contributed by atoms with van der Waals surface area (Å²) < 4.78 is 6.56. The molecule has 0 aliphatic carbocycles. The van der Waals surface area contributed by atoms with E-state index in [0.717, 1.165) is 20.9 Å². The summed E-state index contributed by atoms with van der Waals surface area (Å²) >= 11 is 3.45. The number of ether oxygens (including phenoxy) is 1. The molecule has 2 N–H and O–H groups in total. The summed E-state index contributed by atoms with van der Waals surface area (Å²) in [7, 11) is 1.59. The summed E-state index contributed by atoms with van der Waals surface area (Å²) in [6.45, 7) is 1.98. The number of hydrogen-bond acceptors (Lipinski definition) is 3. The fourth-order valence-corrected chi connectivity index (χ4v) is 2.84. The van der Waals surface area contributed by atoms with E-state index in [1.165, 1.54) is 0 Å². The van der Waals surface area contributed by atoms with E-state index in [0.29, 0.717) is 0 Å². The quantitative estimate of drug-likeness (QED) is 0.885. The van der Waals surface area contributed by atoms with Gasteiger partial charge in [0.05, 0.1) is 0 Å². The Labute approximate surface area is 124 Å². The first-order chi connectivity index (χ1) is 9.60. The summed E-state index contributed by atoms with van der Waals surface area (Å²) in [4.78, 5) is 19.0. The number of aromatic amines is 1. The topological polar surface area (TPSA) is 66.5 Å². The summed E-state index contributed by atoms with van der Waals surface area (Å²) in [6, 6.07) is 6.32. The van der Waals surface area contributed by atoms with E-state index >= 15 is 0 Å². The van der Waals surface area contributed by atoms with Crippen LogP contribution in [0.4, 0.5) is 0 Å². The van der Waals surface area contributed by atoms with Gasteiger partial charge in [-0.3, -0.25) is 10.1 Å². The van der Waals surface area contributed by atoms with Crippen LogP contribution in [0.1, 0.15) is 18.4 Å². The molecule has 1 aliphatic heterocycles. The normalized spacial score (nSPS) is 22.1. The number of amides is 1. The van der Waals surface area contributed by atoms with Crippen molar-refractivity contribution in [3.05, 3.63) is 34.4 Å². The maximum absolute atomic E-state index is 11.9. The second-order valence-electron chi connectivity index (χ2n) is 4.78. The van der Waals surface area contributed by atoms with Gasteiger partial charge in [0, 0.05) is 34.5 Å². The van der Waals surface area contributed by atoms with Gasteiger partial charge in [-0.1, -0.05) is 28.9 Å². The van der Waals surface area contributed by atoms with Gasteiger partial charge < -0.3 is 9.72 Å². The fraction of sp³-hybridized carbons (Fsp3) is 0.286. The molecule has 3 rings (SSSR count). The van der Waals surface area contributed by atoms with E-state index < -0.39 is 6.10 Å². The number of aliphatic imine (C=N–C) groups is 1. The molecule has 6 heteroatoms. The Morgan fingerprint density at radius 1 is 1.45 bits per heavy atom. The molecule has 1 aliphatic rings. The summed E-state index contributed by atoms with van der Waals surface area (Å²) in [5.41, 5.74) is 2.09. The van der Waals surface area contributed by atoms with Crippen LogP contribution in [0.2, 0.25) is 0 Å².